The molecule has 0 saturated carbocycles. The first-order chi connectivity index (χ1) is 8.38. The van der Waals surface area contributed by atoms with E-state index in [0.29, 0.717) is 24.2 Å². The van der Waals surface area contributed by atoms with Gasteiger partial charge in [0.15, 0.2) is 0 Å². The maximum atomic E-state index is 12.6. The highest BCUT2D eigenvalue weighted by atomic mass is 35.5. The molecule has 0 atom stereocenters. The fourth-order valence-electron chi connectivity index (χ4n) is 1.95. The fraction of sp³-hybridized carbons (Fsp3) is 0.333. The summed E-state index contributed by atoms with van der Waals surface area (Å²) >= 11 is 0. The zero-order valence-corrected chi connectivity index (χ0v) is 10.6. The van der Waals surface area contributed by atoms with Crippen molar-refractivity contribution in [3.8, 4) is 0 Å². The first-order valence-electron chi connectivity index (χ1n) is 5.40. The van der Waals surface area contributed by atoms with Crippen molar-refractivity contribution in [1.82, 2.24) is 0 Å². The number of halogens is 4. The number of hydrogen-bond donors (Lipinski definition) is 1. The van der Waals surface area contributed by atoms with Gasteiger partial charge < -0.3 is 5.73 Å². The summed E-state index contributed by atoms with van der Waals surface area (Å²) in [5.74, 6) is -0.598. The van der Waals surface area contributed by atoms with Crippen LogP contribution in [0.2, 0.25) is 0 Å². The highest BCUT2D eigenvalue weighted by Gasteiger charge is 2.31. The van der Waals surface area contributed by atoms with Crippen LogP contribution in [0, 0.1) is 0 Å². The molecule has 0 spiro atoms. The minimum atomic E-state index is -4.40. The number of nitrogens with two attached hydrogens (primary N) is 1. The standard InChI is InChI=1S/C12H11F3N2O.ClH/c13-12(14,15)8-2-1-7-3-4-17-10(6-11(16)18)9(7)5-8;/h1-2,5H,3-4,6H2,(H2,16,18);1H. The third-order valence-corrected chi connectivity index (χ3v) is 2.77. The molecule has 1 aliphatic heterocycles. The Labute approximate surface area is 114 Å². The van der Waals surface area contributed by atoms with E-state index in [1.54, 1.807) is 0 Å². The molecule has 19 heavy (non-hydrogen) atoms. The van der Waals surface area contributed by atoms with Crippen molar-refractivity contribution >= 4 is 24.0 Å². The van der Waals surface area contributed by atoms with E-state index < -0.39 is 17.6 Å². The number of benzene rings is 1. The number of nitrogens with zero attached hydrogens (tertiary/aromatic N) is 1. The van der Waals surface area contributed by atoms with Crippen molar-refractivity contribution in [2.45, 2.75) is 19.0 Å². The van der Waals surface area contributed by atoms with Gasteiger partial charge in [-0.1, -0.05) is 6.07 Å². The zero-order valence-electron chi connectivity index (χ0n) is 9.83. The van der Waals surface area contributed by atoms with Crippen LogP contribution in [-0.2, 0) is 17.4 Å². The summed E-state index contributed by atoms with van der Waals surface area (Å²) in [6.07, 6.45) is -3.95. The quantitative estimate of drug-likeness (QED) is 0.894. The summed E-state index contributed by atoms with van der Waals surface area (Å²) in [5, 5.41) is 0. The molecule has 1 aromatic rings. The molecule has 0 saturated heterocycles. The Morgan fingerprint density at radius 3 is 2.63 bits per heavy atom. The summed E-state index contributed by atoms with van der Waals surface area (Å²) in [5.41, 5.74) is 5.83. The number of carbonyl (C=O) groups is 1. The third kappa shape index (κ3) is 3.47. The number of rotatable bonds is 2. The lowest BCUT2D eigenvalue weighted by Crippen LogP contribution is -2.22. The number of hydrogen-bond acceptors (Lipinski definition) is 2. The zero-order chi connectivity index (χ0) is 13.3. The molecular formula is C12H12ClF3N2O. The van der Waals surface area contributed by atoms with Gasteiger partial charge in [-0.15, -0.1) is 12.4 Å². The largest absolute Gasteiger partial charge is 0.416 e. The van der Waals surface area contributed by atoms with Crippen LogP contribution in [0.4, 0.5) is 13.2 Å². The van der Waals surface area contributed by atoms with Gasteiger partial charge in [-0.2, -0.15) is 13.2 Å². The van der Waals surface area contributed by atoms with E-state index in [1.807, 2.05) is 0 Å². The molecule has 7 heteroatoms. The second kappa shape index (κ2) is 5.61. The van der Waals surface area contributed by atoms with E-state index in [4.69, 9.17) is 5.73 Å². The highest BCUT2D eigenvalue weighted by molar-refractivity contribution is 6.11. The lowest BCUT2D eigenvalue weighted by atomic mass is 9.93. The Hall–Kier alpha value is -1.56. The minimum Gasteiger partial charge on any atom is -0.369 e. The Morgan fingerprint density at radius 2 is 2.05 bits per heavy atom. The Bertz CT molecular complexity index is 526. The van der Waals surface area contributed by atoms with Crippen LogP contribution in [0.1, 0.15) is 23.1 Å². The SMILES string of the molecule is Cl.NC(=O)CC1=NCCc2ccc(C(F)(F)F)cc21. The van der Waals surface area contributed by atoms with Crippen LogP contribution < -0.4 is 5.73 Å². The van der Waals surface area contributed by atoms with Crippen molar-refractivity contribution < 1.29 is 18.0 Å². The Balaban J connectivity index is 0.00000180. The van der Waals surface area contributed by atoms with Gasteiger partial charge in [-0.25, -0.2) is 0 Å². The number of primary amides is 1. The first-order valence-corrected chi connectivity index (χ1v) is 5.40. The summed E-state index contributed by atoms with van der Waals surface area (Å²) in [6, 6.07) is 3.52. The minimum absolute atomic E-state index is 0. The third-order valence-electron chi connectivity index (χ3n) is 2.77. The smallest absolute Gasteiger partial charge is 0.369 e. The molecule has 0 fully saturated rings. The molecule has 104 valence electrons. The monoisotopic (exact) mass is 292 g/mol. The maximum absolute atomic E-state index is 12.6. The number of amides is 1. The molecule has 0 aromatic heterocycles. The van der Waals surface area contributed by atoms with Crippen LogP contribution in [0.3, 0.4) is 0 Å². The van der Waals surface area contributed by atoms with Crippen molar-refractivity contribution in [2.75, 3.05) is 6.54 Å². The summed E-state index contributed by atoms with van der Waals surface area (Å²) in [4.78, 5) is 15.0. The van der Waals surface area contributed by atoms with Crippen LogP contribution >= 0.6 is 12.4 Å². The van der Waals surface area contributed by atoms with Gasteiger partial charge >= 0.3 is 6.18 Å². The second-order valence-corrected chi connectivity index (χ2v) is 4.09. The summed E-state index contributed by atoms with van der Waals surface area (Å²) in [6.45, 7) is 0.473. The van der Waals surface area contributed by atoms with Crippen LogP contribution in [0.15, 0.2) is 23.2 Å². The molecule has 1 aromatic carbocycles. The van der Waals surface area contributed by atoms with Gasteiger partial charge in [-0.05, 0) is 29.7 Å². The second-order valence-electron chi connectivity index (χ2n) is 4.09. The molecule has 0 unspecified atom stereocenters. The van der Waals surface area contributed by atoms with E-state index in [9.17, 15) is 18.0 Å². The van der Waals surface area contributed by atoms with Gasteiger partial charge in [0.2, 0.25) is 5.91 Å². The molecule has 2 N–H and O–H groups in total. The normalized spacial score (nSPS) is 14.2. The Morgan fingerprint density at radius 1 is 1.37 bits per heavy atom. The topological polar surface area (TPSA) is 55.5 Å². The van der Waals surface area contributed by atoms with Crippen molar-refractivity contribution in [3.05, 3.63) is 34.9 Å². The summed E-state index contributed by atoms with van der Waals surface area (Å²) < 4.78 is 37.8. The van der Waals surface area contributed by atoms with Gasteiger partial charge in [0.1, 0.15) is 0 Å². The number of aliphatic imine (C=N–C) groups is 1. The molecule has 1 heterocycles. The predicted molar refractivity (Wildman–Crippen MR) is 67.6 cm³/mol. The molecule has 3 nitrogen and oxygen atoms in total. The molecular weight excluding hydrogens is 281 g/mol. The van der Waals surface area contributed by atoms with Crippen LogP contribution in [0.5, 0.6) is 0 Å². The molecule has 0 bridgehead atoms. The molecule has 1 amide bonds. The van der Waals surface area contributed by atoms with Gasteiger partial charge in [0.05, 0.1) is 17.7 Å². The average molecular weight is 293 g/mol. The fourth-order valence-corrected chi connectivity index (χ4v) is 1.95. The van der Waals surface area contributed by atoms with Crippen LogP contribution in [0.25, 0.3) is 0 Å². The van der Waals surface area contributed by atoms with Crippen molar-refractivity contribution in [3.63, 3.8) is 0 Å². The lowest BCUT2D eigenvalue weighted by Gasteiger charge is -2.18. The van der Waals surface area contributed by atoms with E-state index in [-0.39, 0.29) is 18.8 Å². The highest BCUT2D eigenvalue weighted by Crippen LogP contribution is 2.31. The first kappa shape index (κ1) is 15.5. The molecule has 0 aliphatic carbocycles. The predicted octanol–water partition coefficient (Wildman–Crippen LogP) is 2.35. The number of alkyl halides is 3. The molecule has 2 rings (SSSR count). The van der Waals surface area contributed by atoms with E-state index in [0.717, 1.165) is 17.7 Å². The Kier molecular flexibility index (Phi) is 4.57. The van der Waals surface area contributed by atoms with Gasteiger partial charge in [-0.3, -0.25) is 9.79 Å². The molecule has 0 radical (unpaired) electrons. The van der Waals surface area contributed by atoms with Crippen LogP contribution in [-0.4, -0.2) is 18.2 Å². The number of carbonyl (C=O) groups excluding carboxylic acids is 1. The summed E-state index contributed by atoms with van der Waals surface area (Å²) in [7, 11) is 0. The van der Waals surface area contributed by atoms with Crippen molar-refractivity contribution in [2.24, 2.45) is 10.7 Å². The maximum Gasteiger partial charge on any atom is 0.416 e. The van der Waals surface area contributed by atoms with E-state index >= 15 is 0 Å². The van der Waals surface area contributed by atoms with Crippen molar-refractivity contribution in [1.29, 1.82) is 0 Å². The van der Waals surface area contributed by atoms with Gasteiger partial charge in [0, 0.05) is 6.54 Å². The average Bonchev–Trinajstić information content (AvgIpc) is 2.27. The lowest BCUT2D eigenvalue weighted by molar-refractivity contribution is -0.137. The van der Waals surface area contributed by atoms with Gasteiger partial charge in [0.25, 0.3) is 0 Å². The molecule has 1 aliphatic rings. The van der Waals surface area contributed by atoms with E-state index in [1.165, 1.54) is 6.07 Å². The van der Waals surface area contributed by atoms with E-state index in [2.05, 4.69) is 4.99 Å². The number of fused-ring (bicyclic) bond motifs is 1.